The van der Waals surface area contributed by atoms with E-state index in [-0.39, 0.29) is 9.26 Å². The Morgan fingerprint density at radius 3 is 2.62 bits per heavy atom. The Balaban J connectivity index is 3.13. The smallest absolute Gasteiger partial charge is 0.433 e. The summed E-state index contributed by atoms with van der Waals surface area (Å²) < 4.78 is 42.2. The van der Waals surface area contributed by atoms with Crippen LogP contribution in [-0.2, 0) is 22.1 Å². The molecule has 1 aromatic heterocycles. The molecular formula is C9H7F3INO2. The monoisotopic (exact) mass is 345 g/mol. The molecule has 0 aliphatic heterocycles. The largest absolute Gasteiger partial charge is 0.469 e. The highest BCUT2D eigenvalue weighted by atomic mass is 127. The zero-order chi connectivity index (χ0) is 12.3. The number of halogens is 4. The van der Waals surface area contributed by atoms with Gasteiger partial charge in [0.05, 0.1) is 13.5 Å². The zero-order valence-electron chi connectivity index (χ0n) is 8.14. The summed E-state index contributed by atoms with van der Waals surface area (Å²) in [6.45, 7) is 0. The molecule has 88 valence electrons. The molecule has 0 saturated heterocycles. The topological polar surface area (TPSA) is 39.2 Å². The molecule has 0 bridgehead atoms. The molecule has 0 aliphatic carbocycles. The third kappa shape index (κ3) is 3.32. The van der Waals surface area contributed by atoms with Crippen LogP contribution in [0.1, 0.15) is 11.3 Å². The fraction of sp³-hybridized carbons (Fsp3) is 0.333. The van der Waals surface area contributed by atoms with Crippen LogP contribution in [0.3, 0.4) is 0 Å². The number of rotatable bonds is 2. The van der Waals surface area contributed by atoms with Crippen LogP contribution in [0.5, 0.6) is 0 Å². The molecule has 16 heavy (non-hydrogen) atoms. The SMILES string of the molecule is COC(=O)Cc1ccc(I)nc1C(F)(F)F. The Labute approximate surface area is 103 Å². The van der Waals surface area contributed by atoms with Crippen LogP contribution < -0.4 is 0 Å². The van der Waals surface area contributed by atoms with Gasteiger partial charge in [-0.1, -0.05) is 6.07 Å². The van der Waals surface area contributed by atoms with Crippen LogP contribution in [0.4, 0.5) is 13.2 Å². The van der Waals surface area contributed by atoms with E-state index in [0.717, 1.165) is 7.11 Å². The van der Waals surface area contributed by atoms with Crippen molar-refractivity contribution in [2.24, 2.45) is 0 Å². The van der Waals surface area contributed by atoms with E-state index in [1.165, 1.54) is 12.1 Å². The summed E-state index contributed by atoms with van der Waals surface area (Å²) in [5.74, 6) is -0.728. The Kier molecular flexibility index (Phi) is 4.11. The minimum absolute atomic E-state index is 0.181. The number of carbonyl (C=O) groups excluding carboxylic acids is 1. The van der Waals surface area contributed by atoms with E-state index in [0.29, 0.717) is 0 Å². The van der Waals surface area contributed by atoms with Gasteiger partial charge in [0, 0.05) is 0 Å². The van der Waals surface area contributed by atoms with Crippen molar-refractivity contribution in [3.8, 4) is 0 Å². The van der Waals surface area contributed by atoms with Crippen molar-refractivity contribution >= 4 is 28.6 Å². The summed E-state index contributed by atoms with van der Waals surface area (Å²) in [7, 11) is 1.12. The number of pyridine rings is 1. The second-order valence-corrected chi connectivity index (χ2v) is 4.00. The Bertz CT molecular complexity index is 406. The van der Waals surface area contributed by atoms with Crippen LogP contribution in [0, 0.1) is 3.70 Å². The molecule has 0 spiro atoms. The van der Waals surface area contributed by atoms with Gasteiger partial charge in [-0.15, -0.1) is 0 Å². The standard InChI is InChI=1S/C9H7F3INO2/c1-16-7(15)4-5-2-3-6(13)14-8(5)9(10,11)12/h2-3H,4H2,1H3. The lowest BCUT2D eigenvalue weighted by atomic mass is 10.1. The number of carbonyl (C=O) groups is 1. The maximum Gasteiger partial charge on any atom is 0.433 e. The number of aromatic nitrogens is 1. The summed E-state index contributed by atoms with van der Waals surface area (Å²) in [6.07, 6.45) is -5.00. The van der Waals surface area contributed by atoms with E-state index >= 15 is 0 Å². The maximum absolute atomic E-state index is 12.6. The lowest BCUT2D eigenvalue weighted by Gasteiger charge is -2.11. The Hall–Kier alpha value is -0.860. The first-order chi connectivity index (χ1) is 7.34. The average Bonchev–Trinajstić information content (AvgIpc) is 2.19. The quantitative estimate of drug-likeness (QED) is 0.470. The van der Waals surface area contributed by atoms with E-state index in [1.54, 1.807) is 22.6 Å². The minimum Gasteiger partial charge on any atom is -0.469 e. The van der Waals surface area contributed by atoms with E-state index in [1.807, 2.05) is 0 Å². The van der Waals surface area contributed by atoms with Gasteiger partial charge in [0.15, 0.2) is 0 Å². The van der Waals surface area contributed by atoms with Crippen molar-refractivity contribution in [3.05, 3.63) is 27.1 Å². The highest BCUT2D eigenvalue weighted by molar-refractivity contribution is 14.1. The lowest BCUT2D eigenvalue weighted by Crippen LogP contribution is -2.16. The minimum atomic E-state index is -4.56. The molecule has 3 nitrogen and oxygen atoms in total. The van der Waals surface area contributed by atoms with Crippen molar-refractivity contribution in [2.75, 3.05) is 7.11 Å². The van der Waals surface area contributed by atoms with Crippen molar-refractivity contribution in [3.63, 3.8) is 0 Å². The molecular weight excluding hydrogens is 338 g/mol. The van der Waals surface area contributed by atoms with E-state index in [9.17, 15) is 18.0 Å². The number of ether oxygens (including phenoxy) is 1. The van der Waals surface area contributed by atoms with Gasteiger partial charge in [-0.2, -0.15) is 13.2 Å². The zero-order valence-corrected chi connectivity index (χ0v) is 10.3. The van der Waals surface area contributed by atoms with Gasteiger partial charge in [0.2, 0.25) is 0 Å². The lowest BCUT2D eigenvalue weighted by molar-refractivity contribution is -0.143. The van der Waals surface area contributed by atoms with Crippen molar-refractivity contribution in [1.29, 1.82) is 0 Å². The first-order valence-electron chi connectivity index (χ1n) is 4.14. The molecule has 7 heteroatoms. The summed E-state index contributed by atoms with van der Waals surface area (Å²) >= 11 is 1.68. The first-order valence-corrected chi connectivity index (χ1v) is 5.22. The van der Waals surface area contributed by atoms with E-state index in [2.05, 4.69) is 9.72 Å². The molecule has 0 amide bonds. The molecule has 0 atom stereocenters. The molecule has 0 fully saturated rings. The summed E-state index contributed by atoms with van der Waals surface area (Å²) in [4.78, 5) is 14.3. The number of hydrogen-bond acceptors (Lipinski definition) is 3. The third-order valence-electron chi connectivity index (χ3n) is 1.78. The van der Waals surface area contributed by atoms with Crippen LogP contribution in [-0.4, -0.2) is 18.1 Å². The second kappa shape index (κ2) is 4.98. The van der Waals surface area contributed by atoms with Gasteiger partial charge >= 0.3 is 12.1 Å². The number of nitrogens with zero attached hydrogens (tertiary/aromatic N) is 1. The van der Waals surface area contributed by atoms with Crippen LogP contribution in [0.25, 0.3) is 0 Å². The Morgan fingerprint density at radius 1 is 1.50 bits per heavy atom. The fourth-order valence-electron chi connectivity index (χ4n) is 1.08. The Morgan fingerprint density at radius 2 is 2.12 bits per heavy atom. The molecule has 1 aromatic rings. The van der Waals surface area contributed by atoms with Gasteiger partial charge in [-0.3, -0.25) is 4.79 Å². The summed E-state index contributed by atoms with van der Waals surface area (Å²) in [5, 5.41) is 0. The van der Waals surface area contributed by atoms with Gasteiger partial charge in [-0.05, 0) is 34.2 Å². The molecule has 0 aromatic carbocycles. The third-order valence-corrected chi connectivity index (χ3v) is 2.38. The molecule has 0 saturated carbocycles. The van der Waals surface area contributed by atoms with E-state index < -0.39 is 24.3 Å². The van der Waals surface area contributed by atoms with Gasteiger partial charge < -0.3 is 4.74 Å². The predicted octanol–water partition coefficient (Wildman–Crippen LogP) is 2.42. The highest BCUT2D eigenvalue weighted by Crippen LogP contribution is 2.31. The molecule has 0 aliphatic rings. The van der Waals surface area contributed by atoms with Gasteiger partial charge in [-0.25, -0.2) is 4.98 Å². The molecule has 0 radical (unpaired) electrons. The maximum atomic E-state index is 12.6. The van der Waals surface area contributed by atoms with Crippen LogP contribution >= 0.6 is 22.6 Å². The van der Waals surface area contributed by atoms with Gasteiger partial charge in [0.1, 0.15) is 9.39 Å². The van der Waals surface area contributed by atoms with Crippen LogP contribution in [0.15, 0.2) is 12.1 Å². The molecule has 1 heterocycles. The number of alkyl halides is 3. The number of esters is 1. The predicted molar refractivity (Wildman–Crippen MR) is 57.7 cm³/mol. The average molecular weight is 345 g/mol. The summed E-state index contributed by atoms with van der Waals surface area (Å²) in [5.41, 5.74) is -1.22. The summed E-state index contributed by atoms with van der Waals surface area (Å²) in [6, 6.07) is 2.64. The number of methoxy groups -OCH3 is 1. The first kappa shape index (κ1) is 13.2. The van der Waals surface area contributed by atoms with Crippen molar-refractivity contribution in [1.82, 2.24) is 4.98 Å². The van der Waals surface area contributed by atoms with E-state index in [4.69, 9.17) is 0 Å². The van der Waals surface area contributed by atoms with Crippen molar-refractivity contribution in [2.45, 2.75) is 12.6 Å². The highest BCUT2D eigenvalue weighted by Gasteiger charge is 2.36. The van der Waals surface area contributed by atoms with Crippen LogP contribution in [0.2, 0.25) is 0 Å². The normalized spacial score (nSPS) is 11.3. The molecule has 0 unspecified atom stereocenters. The number of hydrogen-bond donors (Lipinski definition) is 0. The molecule has 1 rings (SSSR count). The van der Waals surface area contributed by atoms with Gasteiger partial charge in [0.25, 0.3) is 0 Å². The fourth-order valence-corrected chi connectivity index (χ4v) is 1.50. The van der Waals surface area contributed by atoms with Crippen molar-refractivity contribution < 1.29 is 22.7 Å². The molecule has 0 N–H and O–H groups in total. The second-order valence-electron chi connectivity index (χ2n) is 2.89.